The van der Waals surface area contributed by atoms with E-state index in [9.17, 15) is 9.59 Å². The number of nitrogens with zero attached hydrogens (tertiary/aromatic N) is 4. The summed E-state index contributed by atoms with van der Waals surface area (Å²) in [5.41, 5.74) is 0.315. The molecule has 0 saturated carbocycles. The smallest absolute Gasteiger partial charge is 0.408 e. The van der Waals surface area contributed by atoms with Gasteiger partial charge in [0.2, 0.25) is 5.82 Å². The summed E-state index contributed by atoms with van der Waals surface area (Å²) in [5, 5.41) is 20.2. The van der Waals surface area contributed by atoms with Gasteiger partial charge in [0.15, 0.2) is 6.61 Å². The number of ether oxygens (including phenoxy) is 1. The van der Waals surface area contributed by atoms with E-state index in [0.29, 0.717) is 5.82 Å². The normalized spacial score (nSPS) is 10.8. The maximum atomic E-state index is 11.7. The molecule has 2 rings (SSSR count). The second-order valence-electron chi connectivity index (χ2n) is 5.91. The molecule has 0 spiro atoms. The minimum absolute atomic E-state index is 0.0699. The zero-order valence-electron chi connectivity index (χ0n) is 13.6. The van der Waals surface area contributed by atoms with Crippen LogP contribution in [0, 0.1) is 0 Å². The van der Waals surface area contributed by atoms with Crippen LogP contribution in [0.3, 0.4) is 0 Å². The highest BCUT2D eigenvalue weighted by Crippen LogP contribution is 2.11. The van der Waals surface area contributed by atoms with Gasteiger partial charge in [-0.3, -0.25) is 10.1 Å². The van der Waals surface area contributed by atoms with Crippen LogP contribution in [0.15, 0.2) is 30.3 Å². The van der Waals surface area contributed by atoms with E-state index < -0.39 is 24.1 Å². The topological polar surface area (TPSA) is 119 Å². The van der Waals surface area contributed by atoms with E-state index in [1.807, 2.05) is 30.3 Å². The van der Waals surface area contributed by atoms with Crippen molar-refractivity contribution in [2.24, 2.45) is 0 Å². The molecule has 24 heavy (non-hydrogen) atoms. The number of anilines is 1. The van der Waals surface area contributed by atoms with Crippen molar-refractivity contribution in [1.29, 1.82) is 0 Å². The molecule has 0 aliphatic rings. The van der Waals surface area contributed by atoms with Crippen LogP contribution >= 0.6 is 0 Å². The Hall–Kier alpha value is -3.10. The van der Waals surface area contributed by atoms with Crippen molar-refractivity contribution in [3.05, 3.63) is 30.3 Å². The summed E-state index contributed by atoms with van der Waals surface area (Å²) in [5.74, 6) is -0.316. The molecule has 2 N–H and O–H groups in total. The molecule has 2 amide bonds. The molecule has 126 valence electrons. The van der Waals surface area contributed by atoms with Crippen molar-refractivity contribution in [2.75, 3.05) is 11.9 Å². The van der Waals surface area contributed by atoms with Crippen LogP contribution < -0.4 is 10.6 Å². The summed E-state index contributed by atoms with van der Waals surface area (Å²) in [7, 11) is 0. The van der Waals surface area contributed by atoms with Crippen molar-refractivity contribution < 1.29 is 14.3 Å². The van der Waals surface area contributed by atoms with E-state index in [4.69, 9.17) is 4.74 Å². The maximum absolute atomic E-state index is 11.7. The number of hydrogen-bond acceptors (Lipinski definition) is 7. The van der Waals surface area contributed by atoms with Crippen molar-refractivity contribution >= 4 is 17.9 Å². The molecule has 0 fully saturated rings. The first kappa shape index (κ1) is 17.3. The van der Waals surface area contributed by atoms with Gasteiger partial charge in [-0.15, -0.1) is 20.4 Å². The Morgan fingerprint density at radius 2 is 1.67 bits per heavy atom. The highest BCUT2D eigenvalue weighted by atomic mass is 16.6. The molecule has 0 radical (unpaired) electrons. The van der Waals surface area contributed by atoms with Crippen molar-refractivity contribution in [1.82, 2.24) is 25.7 Å². The highest BCUT2D eigenvalue weighted by Gasteiger charge is 2.16. The van der Waals surface area contributed by atoms with Gasteiger partial charge < -0.3 is 10.1 Å². The quantitative estimate of drug-likeness (QED) is 0.869. The Bertz CT molecular complexity index is 697. The molecular formula is C15H18N6O3. The minimum atomic E-state index is -0.686. The SMILES string of the molecule is CC(C)(C)NC(=O)OCC(=O)Nc1nnc(-c2ccccc2)nn1. The molecule has 1 aromatic carbocycles. The number of amides is 2. The molecule has 0 aliphatic heterocycles. The fourth-order valence-electron chi connectivity index (χ4n) is 1.62. The third-order valence-corrected chi connectivity index (χ3v) is 2.57. The first-order valence-electron chi connectivity index (χ1n) is 7.21. The first-order chi connectivity index (χ1) is 11.3. The second kappa shape index (κ2) is 7.44. The summed E-state index contributed by atoms with van der Waals surface area (Å²) in [6.07, 6.45) is -0.686. The zero-order valence-corrected chi connectivity index (χ0v) is 13.6. The number of carbonyl (C=O) groups is 2. The van der Waals surface area contributed by atoms with Gasteiger partial charge in [-0.05, 0) is 20.8 Å². The Balaban J connectivity index is 1.85. The van der Waals surface area contributed by atoms with Crippen molar-refractivity contribution in [3.8, 4) is 11.4 Å². The number of carbonyl (C=O) groups excluding carboxylic acids is 2. The van der Waals surface area contributed by atoms with Gasteiger partial charge in [0.05, 0.1) is 0 Å². The predicted molar refractivity (Wildman–Crippen MR) is 85.9 cm³/mol. The summed E-state index contributed by atoms with van der Waals surface area (Å²) in [4.78, 5) is 23.1. The summed E-state index contributed by atoms with van der Waals surface area (Å²) < 4.78 is 4.79. The average molecular weight is 330 g/mol. The fourth-order valence-corrected chi connectivity index (χ4v) is 1.62. The van der Waals surface area contributed by atoms with Gasteiger partial charge in [-0.2, -0.15) is 0 Å². The maximum Gasteiger partial charge on any atom is 0.408 e. The van der Waals surface area contributed by atoms with Crippen LogP contribution in [-0.4, -0.2) is 44.5 Å². The number of benzene rings is 1. The number of hydrogen-bond donors (Lipinski definition) is 2. The van der Waals surface area contributed by atoms with Crippen LogP contribution in [0.2, 0.25) is 0 Å². The first-order valence-corrected chi connectivity index (χ1v) is 7.21. The standard InChI is InChI=1S/C15H18N6O3/c1-15(2,3)17-14(23)24-9-11(22)16-13-20-18-12(19-21-13)10-7-5-4-6-8-10/h4-8H,9H2,1-3H3,(H,17,23)(H,16,20,21,22). The monoisotopic (exact) mass is 330 g/mol. The Labute approximate surface area is 138 Å². The van der Waals surface area contributed by atoms with Crippen molar-refractivity contribution in [3.63, 3.8) is 0 Å². The number of nitrogens with one attached hydrogen (secondary N) is 2. The summed E-state index contributed by atoms with van der Waals surface area (Å²) in [6, 6.07) is 9.19. The molecular weight excluding hydrogens is 312 g/mol. The number of aromatic nitrogens is 4. The minimum Gasteiger partial charge on any atom is -0.439 e. The molecule has 2 aromatic rings. The van der Waals surface area contributed by atoms with Gasteiger partial charge in [-0.1, -0.05) is 30.3 Å². The van der Waals surface area contributed by atoms with E-state index in [1.165, 1.54) is 0 Å². The largest absolute Gasteiger partial charge is 0.439 e. The van der Waals surface area contributed by atoms with E-state index in [2.05, 4.69) is 31.0 Å². The fraction of sp³-hybridized carbons (Fsp3) is 0.333. The van der Waals surface area contributed by atoms with E-state index in [1.54, 1.807) is 20.8 Å². The third-order valence-electron chi connectivity index (χ3n) is 2.57. The Morgan fingerprint density at radius 1 is 1.04 bits per heavy atom. The van der Waals surface area contributed by atoms with E-state index >= 15 is 0 Å². The Kier molecular flexibility index (Phi) is 5.35. The van der Waals surface area contributed by atoms with Crippen LogP contribution in [0.4, 0.5) is 10.7 Å². The second-order valence-corrected chi connectivity index (χ2v) is 5.91. The highest BCUT2D eigenvalue weighted by molar-refractivity contribution is 5.91. The van der Waals surface area contributed by atoms with Crippen LogP contribution in [0.1, 0.15) is 20.8 Å². The molecule has 0 bridgehead atoms. The van der Waals surface area contributed by atoms with Crippen LogP contribution in [-0.2, 0) is 9.53 Å². The van der Waals surface area contributed by atoms with Gasteiger partial charge >= 0.3 is 6.09 Å². The molecule has 9 nitrogen and oxygen atoms in total. The third kappa shape index (κ3) is 5.59. The lowest BCUT2D eigenvalue weighted by Gasteiger charge is -2.19. The molecule has 9 heteroatoms. The average Bonchev–Trinajstić information content (AvgIpc) is 2.53. The van der Waals surface area contributed by atoms with Crippen LogP contribution in [0.25, 0.3) is 11.4 Å². The van der Waals surface area contributed by atoms with Crippen molar-refractivity contribution in [2.45, 2.75) is 26.3 Å². The Morgan fingerprint density at radius 3 is 2.25 bits per heavy atom. The van der Waals surface area contributed by atoms with Crippen LogP contribution in [0.5, 0.6) is 0 Å². The molecule has 0 aliphatic carbocycles. The lowest BCUT2D eigenvalue weighted by Crippen LogP contribution is -2.41. The summed E-state index contributed by atoms with van der Waals surface area (Å²) >= 11 is 0. The van der Waals surface area contributed by atoms with Gasteiger partial charge in [-0.25, -0.2) is 4.79 Å². The molecule has 0 saturated heterocycles. The zero-order chi connectivity index (χ0) is 17.6. The van der Waals surface area contributed by atoms with E-state index in [0.717, 1.165) is 5.56 Å². The molecule has 1 heterocycles. The summed E-state index contributed by atoms with van der Waals surface area (Å²) in [6.45, 7) is 4.93. The lowest BCUT2D eigenvalue weighted by molar-refractivity contribution is -0.119. The molecule has 1 aromatic heterocycles. The predicted octanol–water partition coefficient (Wildman–Crippen LogP) is 1.40. The van der Waals surface area contributed by atoms with E-state index in [-0.39, 0.29) is 5.95 Å². The lowest BCUT2D eigenvalue weighted by atomic mass is 10.1. The van der Waals surface area contributed by atoms with Gasteiger partial charge in [0.25, 0.3) is 11.9 Å². The van der Waals surface area contributed by atoms with Gasteiger partial charge in [0.1, 0.15) is 0 Å². The molecule has 0 atom stereocenters. The van der Waals surface area contributed by atoms with Gasteiger partial charge in [0, 0.05) is 11.1 Å². The number of alkyl carbamates (subject to hydrolysis) is 1. The number of rotatable bonds is 4. The molecule has 0 unspecified atom stereocenters.